The summed E-state index contributed by atoms with van der Waals surface area (Å²) in [4.78, 5) is 27.5. The van der Waals surface area contributed by atoms with E-state index in [1.165, 1.54) is 30.2 Å². The second kappa shape index (κ2) is 9.79. The highest BCUT2D eigenvalue weighted by atomic mass is 35.5. The number of likely N-dealkylation sites (N-methyl/N-ethyl adjacent to an activating group) is 1. The summed E-state index contributed by atoms with van der Waals surface area (Å²) in [6.07, 6.45) is -4.98. The number of hydrogen-bond acceptors (Lipinski definition) is 5. The molecule has 2 aromatic carbocycles. The van der Waals surface area contributed by atoms with Gasteiger partial charge in [-0.25, -0.2) is 9.69 Å². The fraction of sp³-hybridized carbons (Fsp3) is 0.364. The molecule has 178 valence electrons. The molecule has 1 aliphatic heterocycles. The number of methoxy groups -OCH3 is 1. The normalized spacial score (nSPS) is 19.1. The Morgan fingerprint density at radius 2 is 1.79 bits per heavy atom. The van der Waals surface area contributed by atoms with Crippen LogP contribution in [-0.2, 0) is 26.6 Å². The summed E-state index contributed by atoms with van der Waals surface area (Å²) in [7, 11) is 1.53. The van der Waals surface area contributed by atoms with Gasteiger partial charge in [-0.3, -0.25) is 9.69 Å². The second-order valence-electron chi connectivity index (χ2n) is 7.28. The van der Waals surface area contributed by atoms with Crippen molar-refractivity contribution in [3.05, 3.63) is 63.6 Å². The van der Waals surface area contributed by atoms with Crippen LogP contribution in [0, 0.1) is 0 Å². The summed E-state index contributed by atoms with van der Waals surface area (Å²) < 4.78 is 50.0. The van der Waals surface area contributed by atoms with E-state index in [4.69, 9.17) is 32.7 Å². The molecule has 1 fully saturated rings. The van der Waals surface area contributed by atoms with Gasteiger partial charge in [-0.2, -0.15) is 13.2 Å². The Morgan fingerprint density at radius 1 is 1.12 bits per heavy atom. The summed E-state index contributed by atoms with van der Waals surface area (Å²) in [5.74, 6) is -4.42. The average Bonchev–Trinajstić information content (AvgIpc) is 3.05. The number of esters is 1. The highest BCUT2D eigenvalue weighted by molar-refractivity contribution is 6.42. The topological polar surface area (TPSA) is 59.1 Å². The number of ether oxygens (including phenoxy) is 2. The lowest BCUT2D eigenvalue weighted by molar-refractivity contribution is -0.255. The quantitative estimate of drug-likeness (QED) is 0.514. The number of amides is 1. The zero-order chi connectivity index (χ0) is 24.4. The van der Waals surface area contributed by atoms with Crippen molar-refractivity contribution >= 4 is 35.1 Å². The third-order valence-electron chi connectivity index (χ3n) is 5.35. The van der Waals surface area contributed by atoms with Crippen molar-refractivity contribution in [1.29, 1.82) is 0 Å². The number of rotatable bonds is 7. The SMILES string of the molecule is CCN1CC(=O)N(CCc2ccc(OC)cc2)C1(OC(=O)C(F)(F)F)c1ccc(Cl)c(Cl)c1. The second-order valence-corrected chi connectivity index (χ2v) is 8.10. The van der Waals surface area contributed by atoms with Gasteiger partial charge < -0.3 is 9.47 Å². The molecule has 6 nitrogen and oxygen atoms in total. The van der Waals surface area contributed by atoms with Gasteiger partial charge in [0.2, 0.25) is 5.91 Å². The molecule has 11 heteroatoms. The lowest BCUT2D eigenvalue weighted by atomic mass is 10.1. The van der Waals surface area contributed by atoms with Crippen LogP contribution in [0.5, 0.6) is 5.75 Å². The summed E-state index contributed by atoms with van der Waals surface area (Å²) in [5.41, 5.74) is 0.890. The van der Waals surface area contributed by atoms with Crippen molar-refractivity contribution < 1.29 is 32.2 Å². The van der Waals surface area contributed by atoms with E-state index in [-0.39, 0.29) is 35.2 Å². The van der Waals surface area contributed by atoms with Crippen molar-refractivity contribution in [3.8, 4) is 5.75 Å². The first-order valence-corrected chi connectivity index (χ1v) is 10.7. The molecule has 0 N–H and O–H groups in total. The van der Waals surface area contributed by atoms with Crippen LogP contribution in [0.3, 0.4) is 0 Å². The maximum Gasteiger partial charge on any atom is 0.491 e. The molecule has 0 aliphatic carbocycles. The maximum absolute atomic E-state index is 13.3. The van der Waals surface area contributed by atoms with Crippen molar-refractivity contribution in [2.45, 2.75) is 25.4 Å². The first-order chi connectivity index (χ1) is 15.5. The van der Waals surface area contributed by atoms with Crippen molar-refractivity contribution in [2.24, 2.45) is 0 Å². The predicted molar refractivity (Wildman–Crippen MR) is 116 cm³/mol. The number of carbonyl (C=O) groups excluding carboxylic acids is 2. The molecule has 1 heterocycles. The van der Waals surface area contributed by atoms with Crippen LogP contribution in [0.25, 0.3) is 0 Å². The number of halogens is 5. The third-order valence-corrected chi connectivity index (χ3v) is 6.09. The Hall–Kier alpha value is -2.49. The summed E-state index contributed by atoms with van der Waals surface area (Å²) >= 11 is 12.1. The minimum atomic E-state index is -5.27. The molecule has 1 aliphatic rings. The van der Waals surface area contributed by atoms with Crippen LogP contribution in [-0.4, -0.2) is 54.6 Å². The molecule has 33 heavy (non-hydrogen) atoms. The van der Waals surface area contributed by atoms with Gasteiger partial charge in [-0.1, -0.05) is 42.3 Å². The number of hydrogen-bond donors (Lipinski definition) is 0. The van der Waals surface area contributed by atoms with Crippen LogP contribution in [0.4, 0.5) is 13.2 Å². The molecule has 2 aromatic rings. The molecule has 3 rings (SSSR count). The Bertz CT molecular complexity index is 1030. The molecule has 1 saturated heterocycles. The zero-order valence-corrected chi connectivity index (χ0v) is 19.3. The van der Waals surface area contributed by atoms with Gasteiger partial charge in [0.1, 0.15) is 5.75 Å². The molecule has 0 spiro atoms. The minimum absolute atomic E-state index is 0.0208. The van der Waals surface area contributed by atoms with E-state index < -0.39 is 23.9 Å². The van der Waals surface area contributed by atoms with Crippen molar-refractivity contribution in [3.63, 3.8) is 0 Å². The molecule has 1 amide bonds. The van der Waals surface area contributed by atoms with Crippen LogP contribution in [0.1, 0.15) is 18.1 Å². The summed E-state index contributed by atoms with van der Waals surface area (Å²) in [6, 6.07) is 11.1. The van der Waals surface area contributed by atoms with Crippen LogP contribution >= 0.6 is 23.2 Å². The van der Waals surface area contributed by atoms with Crippen LogP contribution < -0.4 is 4.74 Å². The maximum atomic E-state index is 13.3. The van der Waals surface area contributed by atoms with Crippen LogP contribution in [0.15, 0.2) is 42.5 Å². The van der Waals surface area contributed by atoms with E-state index in [1.807, 2.05) is 0 Å². The number of carbonyl (C=O) groups is 2. The first-order valence-electron chi connectivity index (χ1n) is 9.97. The zero-order valence-electron chi connectivity index (χ0n) is 17.8. The molecule has 1 unspecified atom stereocenters. The van der Waals surface area contributed by atoms with Gasteiger partial charge in [0.15, 0.2) is 0 Å². The van der Waals surface area contributed by atoms with Crippen LogP contribution in [0.2, 0.25) is 10.0 Å². The monoisotopic (exact) mass is 504 g/mol. The number of nitrogens with zero attached hydrogens (tertiary/aromatic N) is 2. The van der Waals surface area contributed by atoms with Crippen molar-refractivity contribution in [2.75, 3.05) is 26.7 Å². The fourth-order valence-electron chi connectivity index (χ4n) is 3.73. The van der Waals surface area contributed by atoms with Gasteiger partial charge in [-0.05, 0) is 42.3 Å². The molecule has 0 saturated carbocycles. The highest BCUT2D eigenvalue weighted by Crippen LogP contribution is 2.42. The molecular weight excluding hydrogens is 484 g/mol. The fourth-order valence-corrected chi connectivity index (χ4v) is 4.03. The smallest absolute Gasteiger partial charge is 0.491 e. The first kappa shape index (κ1) is 25.1. The average molecular weight is 505 g/mol. The van der Waals surface area contributed by atoms with Gasteiger partial charge in [0, 0.05) is 18.7 Å². The number of benzene rings is 2. The largest absolute Gasteiger partial charge is 0.497 e. The van der Waals surface area contributed by atoms with Gasteiger partial charge in [-0.15, -0.1) is 0 Å². The molecular formula is C22H21Cl2F3N2O4. The van der Waals surface area contributed by atoms with E-state index in [9.17, 15) is 22.8 Å². The van der Waals surface area contributed by atoms with E-state index >= 15 is 0 Å². The van der Waals surface area contributed by atoms with E-state index in [2.05, 4.69) is 0 Å². The van der Waals surface area contributed by atoms with Gasteiger partial charge in [0.25, 0.3) is 5.85 Å². The minimum Gasteiger partial charge on any atom is -0.497 e. The van der Waals surface area contributed by atoms with Gasteiger partial charge in [0.05, 0.1) is 23.7 Å². The highest BCUT2D eigenvalue weighted by Gasteiger charge is 2.58. The molecule has 0 radical (unpaired) electrons. The lowest BCUT2D eigenvalue weighted by Crippen LogP contribution is -2.56. The molecule has 1 atom stereocenters. The Kier molecular flexibility index (Phi) is 7.45. The summed E-state index contributed by atoms with van der Waals surface area (Å²) in [5, 5.41) is 0.206. The van der Waals surface area contributed by atoms with E-state index in [0.717, 1.165) is 10.5 Å². The van der Waals surface area contributed by atoms with E-state index in [1.54, 1.807) is 31.2 Å². The molecule has 0 bridgehead atoms. The summed E-state index contributed by atoms with van der Waals surface area (Å²) in [6.45, 7) is 1.50. The Morgan fingerprint density at radius 3 is 2.33 bits per heavy atom. The van der Waals surface area contributed by atoms with Gasteiger partial charge >= 0.3 is 12.1 Å². The Balaban J connectivity index is 2.06. The van der Waals surface area contributed by atoms with E-state index in [0.29, 0.717) is 12.2 Å². The standard InChI is InChI=1S/C22H21Cl2F3N2O4/c1-3-28-13-19(30)29(11-10-14-4-7-16(32-2)8-5-14)22(28,33-20(31)21(25,26)27)15-6-9-17(23)18(24)12-15/h4-9,12H,3,10-11,13H2,1-2H3. The number of alkyl halides is 3. The predicted octanol–water partition coefficient (Wildman–Crippen LogP) is 4.62. The molecule has 0 aromatic heterocycles. The Labute approximate surface area is 198 Å². The lowest BCUT2D eigenvalue weighted by Gasteiger charge is -2.42. The third kappa shape index (κ3) is 5.05. The van der Waals surface area contributed by atoms with Crippen molar-refractivity contribution in [1.82, 2.24) is 9.80 Å².